The van der Waals surface area contributed by atoms with E-state index in [-0.39, 0.29) is 12.3 Å². The van der Waals surface area contributed by atoms with Crippen LogP contribution in [0, 0.1) is 5.92 Å². The first-order valence-electron chi connectivity index (χ1n) is 5.13. The van der Waals surface area contributed by atoms with Gasteiger partial charge in [-0.3, -0.25) is 9.59 Å². The molecule has 0 heterocycles. The molecular formula is C12H15NO3. The average Bonchev–Trinajstić information content (AvgIpc) is 2.29. The van der Waals surface area contributed by atoms with E-state index >= 15 is 0 Å². The minimum atomic E-state index is -0.861. The van der Waals surface area contributed by atoms with Crippen LogP contribution in [0.2, 0.25) is 0 Å². The first-order chi connectivity index (χ1) is 7.61. The van der Waals surface area contributed by atoms with Gasteiger partial charge in [0.1, 0.15) is 0 Å². The molecule has 0 aromatic heterocycles. The Kier molecular flexibility index (Phi) is 4.66. The monoisotopic (exact) mass is 221 g/mol. The highest BCUT2D eigenvalue weighted by Gasteiger charge is 2.11. The molecule has 0 aliphatic carbocycles. The Balaban J connectivity index is 2.34. The third-order valence-corrected chi connectivity index (χ3v) is 2.25. The Morgan fingerprint density at radius 2 is 1.94 bits per heavy atom. The molecule has 0 aliphatic heterocycles. The molecular weight excluding hydrogens is 206 g/mol. The summed E-state index contributed by atoms with van der Waals surface area (Å²) in [6, 6.07) is 8.92. The molecule has 1 rings (SSSR count). The Morgan fingerprint density at radius 1 is 1.31 bits per heavy atom. The van der Waals surface area contributed by atoms with Crippen LogP contribution in [0.15, 0.2) is 30.3 Å². The van der Waals surface area contributed by atoms with Gasteiger partial charge in [-0.1, -0.05) is 37.3 Å². The van der Waals surface area contributed by atoms with Gasteiger partial charge in [-0.25, -0.2) is 0 Å². The molecule has 1 aromatic rings. The van der Waals surface area contributed by atoms with Crippen LogP contribution in [-0.2, 0) is 4.79 Å². The molecule has 0 bridgehead atoms. The lowest BCUT2D eigenvalue weighted by atomic mass is 10.1. The van der Waals surface area contributed by atoms with Gasteiger partial charge < -0.3 is 10.4 Å². The van der Waals surface area contributed by atoms with Gasteiger partial charge in [-0.2, -0.15) is 0 Å². The van der Waals surface area contributed by atoms with E-state index in [1.807, 2.05) is 6.07 Å². The largest absolute Gasteiger partial charge is 0.481 e. The zero-order valence-electron chi connectivity index (χ0n) is 9.14. The van der Waals surface area contributed by atoms with Crippen molar-refractivity contribution in [3.8, 4) is 0 Å². The van der Waals surface area contributed by atoms with Crippen molar-refractivity contribution in [2.24, 2.45) is 5.92 Å². The van der Waals surface area contributed by atoms with E-state index in [2.05, 4.69) is 5.32 Å². The number of Topliss-reactive ketones (excluding diaryl/α,β-unsaturated/α-hetero) is 1. The van der Waals surface area contributed by atoms with Crippen molar-refractivity contribution in [2.75, 3.05) is 13.1 Å². The molecule has 0 saturated heterocycles. The zero-order chi connectivity index (χ0) is 12.0. The number of carboxylic acids is 1. The molecule has 0 saturated carbocycles. The van der Waals surface area contributed by atoms with Crippen LogP contribution in [0.4, 0.5) is 0 Å². The highest BCUT2D eigenvalue weighted by atomic mass is 16.4. The second kappa shape index (κ2) is 6.02. The molecule has 0 radical (unpaired) electrons. The van der Waals surface area contributed by atoms with Gasteiger partial charge in [0.05, 0.1) is 12.5 Å². The van der Waals surface area contributed by atoms with E-state index in [4.69, 9.17) is 5.11 Å². The predicted octanol–water partition coefficient (Wildman–Crippen LogP) is 1.18. The van der Waals surface area contributed by atoms with Crippen LogP contribution in [0.3, 0.4) is 0 Å². The molecule has 2 N–H and O–H groups in total. The van der Waals surface area contributed by atoms with Crippen LogP contribution in [0.25, 0.3) is 0 Å². The number of aliphatic carboxylic acids is 1. The molecule has 0 aliphatic rings. The Hall–Kier alpha value is -1.68. The van der Waals surface area contributed by atoms with E-state index in [0.29, 0.717) is 12.1 Å². The summed E-state index contributed by atoms with van der Waals surface area (Å²) in [4.78, 5) is 22.1. The molecule has 4 nitrogen and oxygen atoms in total. The van der Waals surface area contributed by atoms with Gasteiger partial charge in [-0.05, 0) is 0 Å². The molecule has 0 spiro atoms. The van der Waals surface area contributed by atoms with Gasteiger partial charge in [-0.15, -0.1) is 0 Å². The maximum Gasteiger partial charge on any atom is 0.307 e. The van der Waals surface area contributed by atoms with Gasteiger partial charge in [0.15, 0.2) is 5.78 Å². The number of carboxylic acid groups (broad SMARTS) is 1. The van der Waals surface area contributed by atoms with E-state index in [1.165, 1.54) is 0 Å². The Morgan fingerprint density at radius 3 is 2.50 bits per heavy atom. The first-order valence-corrected chi connectivity index (χ1v) is 5.13. The van der Waals surface area contributed by atoms with E-state index in [1.54, 1.807) is 31.2 Å². The summed E-state index contributed by atoms with van der Waals surface area (Å²) < 4.78 is 0. The van der Waals surface area contributed by atoms with E-state index in [0.717, 1.165) is 0 Å². The second-order valence-electron chi connectivity index (χ2n) is 3.66. The maximum absolute atomic E-state index is 11.6. The fourth-order valence-corrected chi connectivity index (χ4v) is 1.22. The van der Waals surface area contributed by atoms with Gasteiger partial charge in [0.25, 0.3) is 0 Å². The fourth-order valence-electron chi connectivity index (χ4n) is 1.22. The lowest BCUT2D eigenvalue weighted by molar-refractivity contribution is -0.140. The number of carbonyl (C=O) groups excluding carboxylic acids is 1. The SMILES string of the molecule is CC(CNCC(=O)c1ccccc1)C(=O)O. The van der Waals surface area contributed by atoms with Crippen LogP contribution in [0.5, 0.6) is 0 Å². The van der Waals surface area contributed by atoms with Crippen LogP contribution < -0.4 is 5.32 Å². The smallest absolute Gasteiger partial charge is 0.307 e. The fraction of sp³-hybridized carbons (Fsp3) is 0.333. The first kappa shape index (κ1) is 12.4. The van der Waals surface area contributed by atoms with Crippen molar-refractivity contribution in [3.63, 3.8) is 0 Å². The van der Waals surface area contributed by atoms with Crippen molar-refractivity contribution in [1.29, 1.82) is 0 Å². The van der Waals surface area contributed by atoms with Crippen molar-refractivity contribution in [3.05, 3.63) is 35.9 Å². The predicted molar refractivity (Wildman–Crippen MR) is 60.4 cm³/mol. The number of carbonyl (C=O) groups is 2. The standard InChI is InChI=1S/C12H15NO3/c1-9(12(15)16)7-13-8-11(14)10-5-3-2-4-6-10/h2-6,9,13H,7-8H2,1H3,(H,15,16). The summed E-state index contributed by atoms with van der Waals surface area (Å²) in [6.45, 7) is 2.07. The highest BCUT2D eigenvalue weighted by Crippen LogP contribution is 1.99. The van der Waals surface area contributed by atoms with Crippen LogP contribution in [0.1, 0.15) is 17.3 Å². The highest BCUT2D eigenvalue weighted by molar-refractivity contribution is 5.97. The lowest BCUT2D eigenvalue weighted by Gasteiger charge is -2.07. The van der Waals surface area contributed by atoms with Gasteiger partial charge in [0.2, 0.25) is 0 Å². The van der Waals surface area contributed by atoms with Crippen molar-refractivity contribution >= 4 is 11.8 Å². The topological polar surface area (TPSA) is 66.4 Å². The number of benzene rings is 1. The number of hydrogen-bond donors (Lipinski definition) is 2. The van der Waals surface area contributed by atoms with Crippen molar-refractivity contribution in [2.45, 2.75) is 6.92 Å². The minimum Gasteiger partial charge on any atom is -0.481 e. The Bertz CT molecular complexity index is 362. The second-order valence-corrected chi connectivity index (χ2v) is 3.66. The molecule has 86 valence electrons. The number of nitrogens with one attached hydrogen (secondary N) is 1. The number of rotatable bonds is 6. The maximum atomic E-state index is 11.6. The van der Waals surface area contributed by atoms with Gasteiger partial charge >= 0.3 is 5.97 Å². The quantitative estimate of drug-likeness (QED) is 0.708. The van der Waals surface area contributed by atoms with Crippen LogP contribution >= 0.6 is 0 Å². The molecule has 1 unspecified atom stereocenters. The molecule has 4 heteroatoms. The molecule has 0 amide bonds. The van der Waals surface area contributed by atoms with E-state index < -0.39 is 11.9 Å². The minimum absolute atomic E-state index is 0.0295. The summed E-state index contributed by atoms with van der Waals surface area (Å²) in [5.74, 6) is -1.37. The number of ketones is 1. The van der Waals surface area contributed by atoms with Crippen molar-refractivity contribution < 1.29 is 14.7 Å². The summed E-state index contributed by atoms with van der Waals surface area (Å²) in [5, 5.41) is 11.5. The van der Waals surface area contributed by atoms with E-state index in [9.17, 15) is 9.59 Å². The third-order valence-electron chi connectivity index (χ3n) is 2.25. The van der Waals surface area contributed by atoms with Crippen molar-refractivity contribution in [1.82, 2.24) is 5.32 Å². The Labute approximate surface area is 94.3 Å². The zero-order valence-corrected chi connectivity index (χ0v) is 9.14. The third kappa shape index (κ3) is 3.82. The summed E-state index contributed by atoms with van der Waals surface area (Å²) in [6.07, 6.45) is 0. The molecule has 16 heavy (non-hydrogen) atoms. The molecule has 1 aromatic carbocycles. The van der Waals surface area contributed by atoms with Crippen LogP contribution in [-0.4, -0.2) is 29.9 Å². The summed E-state index contributed by atoms with van der Waals surface area (Å²) in [7, 11) is 0. The van der Waals surface area contributed by atoms with Gasteiger partial charge in [0, 0.05) is 12.1 Å². The summed E-state index contributed by atoms with van der Waals surface area (Å²) in [5.41, 5.74) is 0.637. The normalized spacial score (nSPS) is 12.1. The summed E-state index contributed by atoms with van der Waals surface area (Å²) >= 11 is 0. The number of hydrogen-bond acceptors (Lipinski definition) is 3. The average molecular weight is 221 g/mol. The molecule has 0 fully saturated rings. The lowest BCUT2D eigenvalue weighted by Crippen LogP contribution is -2.30. The molecule has 1 atom stereocenters.